The van der Waals surface area contributed by atoms with Crippen LogP contribution in [0.4, 0.5) is 0 Å². The highest BCUT2D eigenvalue weighted by molar-refractivity contribution is 7.18. The second-order valence-electron chi connectivity index (χ2n) is 2.00. The fraction of sp³-hybridized carbons (Fsp3) is 0.167. The van der Waals surface area contributed by atoms with Gasteiger partial charge in [0.15, 0.2) is 10.5 Å². The minimum atomic E-state index is 0.461. The van der Waals surface area contributed by atoms with E-state index in [9.17, 15) is 0 Å². The van der Waals surface area contributed by atoms with Crippen molar-refractivity contribution in [2.45, 2.75) is 6.54 Å². The van der Waals surface area contributed by atoms with E-state index >= 15 is 0 Å². The molecule has 0 saturated carbocycles. The van der Waals surface area contributed by atoms with Gasteiger partial charge in [0.2, 0.25) is 0 Å². The average molecular weight is 166 g/mol. The van der Waals surface area contributed by atoms with Gasteiger partial charge in [-0.1, -0.05) is 11.3 Å². The monoisotopic (exact) mass is 166 g/mol. The molecule has 4 nitrogen and oxygen atoms in total. The highest BCUT2D eigenvalue weighted by Gasteiger charge is 2.01. The standard InChI is InChI=1S/C6H6N4S/c7-3-4-10-5-6(11-4)9-2-1-8-5/h1-2H,3,7H2. The normalized spacial score (nSPS) is 10.6. The van der Waals surface area contributed by atoms with Crippen molar-refractivity contribution in [1.29, 1.82) is 0 Å². The van der Waals surface area contributed by atoms with E-state index in [1.165, 1.54) is 11.3 Å². The number of aromatic nitrogens is 3. The predicted molar refractivity (Wildman–Crippen MR) is 43.1 cm³/mol. The lowest BCUT2D eigenvalue weighted by atomic mass is 10.7. The number of nitrogens with two attached hydrogens (primary N) is 1. The van der Waals surface area contributed by atoms with Crippen LogP contribution in [0.15, 0.2) is 12.4 Å². The van der Waals surface area contributed by atoms with E-state index in [1.54, 1.807) is 12.4 Å². The molecule has 11 heavy (non-hydrogen) atoms. The second-order valence-corrected chi connectivity index (χ2v) is 3.06. The molecular formula is C6H6N4S. The number of hydrogen-bond donors (Lipinski definition) is 1. The maximum atomic E-state index is 5.41. The van der Waals surface area contributed by atoms with Crippen molar-refractivity contribution in [1.82, 2.24) is 15.0 Å². The van der Waals surface area contributed by atoms with Gasteiger partial charge < -0.3 is 5.73 Å². The Balaban J connectivity index is 2.69. The fourth-order valence-corrected chi connectivity index (χ4v) is 1.55. The summed E-state index contributed by atoms with van der Waals surface area (Å²) < 4.78 is 0. The summed E-state index contributed by atoms with van der Waals surface area (Å²) in [7, 11) is 0. The van der Waals surface area contributed by atoms with Crippen LogP contribution in [-0.2, 0) is 6.54 Å². The number of fused-ring (bicyclic) bond motifs is 1. The third kappa shape index (κ3) is 1.08. The summed E-state index contributed by atoms with van der Waals surface area (Å²) in [6.07, 6.45) is 3.28. The molecule has 5 heteroatoms. The Kier molecular flexibility index (Phi) is 1.52. The fourth-order valence-electron chi connectivity index (χ4n) is 0.806. The first-order valence-electron chi connectivity index (χ1n) is 3.16. The molecule has 0 spiro atoms. The molecule has 0 aromatic carbocycles. The zero-order chi connectivity index (χ0) is 7.68. The Bertz CT molecular complexity index is 336. The summed E-state index contributed by atoms with van der Waals surface area (Å²) in [4.78, 5) is 13.1. The molecule has 0 aliphatic rings. The van der Waals surface area contributed by atoms with Crippen LogP contribution in [0.3, 0.4) is 0 Å². The summed E-state index contributed by atoms with van der Waals surface area (Å²) in [5, 5.41) is 0.881. The van der Waals surface area contributed by atoms with Crippen LogP contribution >= 0.6 is 11.3 Å². The topological polar surface area (TPSA) is 64.7 Å². The van der Waals surface area contributed by atoms with Gasteiger partial charge >= 0.3 is 0 Å². The SMILES string of the molecule is NCc1nc2nccnc2s1. The molecule has 2 rings (SSSR count). The molecule has 0 amide bonds. The van der Waals surface area contributed by atoms with Gasteiger partial charge in [-0.2, -0.15) is 0 Å². The van der Waals surface area contributed by atoms with E-state index in [4.69, 9.17) is 5.73 Å². The van der Waals surface area contributed by atoms with Gasteiger partial charge in [-0.3, -0.25) is 0 Å². The average Bonchev–Trinajstić information content (AvgIpc) is 2.46. The molecule has 2 aromatic heterocycles. The number of nitrogens with zero attached hydrogens (tertiary/aromatic N) is 3. The molecule has 0 unspecified atom stereocenters. The maximum Gasteiger partial charge on any atom is 0.189 e. The lowest BCUT2D eigenvalue weighted by Gasteiger charge is -1.79. The van der Waals surface area contributed by atoms with Crippen molar-refractivity contribution in [2.24, 2.45) is 5.73 Å². The van der Waals surface area contributed by atoms with Crippen LogP contribution in [-0.4, -0.2) is 15.0 Å². The van der Waals surface area contributed by atoms with E-state index in [2.05, 4.69) is 15.0 Å². The van der Waals surface area contributed by atoms with Crippen LogP contribution in [0.1, 0.15) is 5.01 Å². The van der Waals surface area contributed by atoms with E-state index in [0.29, 0.717) is 12.2 Å². The zero-order valence-corrected chi connectivity index (χ0v) is 6.51. The van der Waals surface area contributed by atoms with Gasteiger partial charge in [-0.05, 0) is 0 Å². The summed E-state index contributed by atoms with van der Waals surface area (Å²) >= 11 is 1.49. The van der Waals surface area contributed by atoms with Crippen molar-refractivity contribution >= 4 is 21.8 Å². The summed E-state index contributed by atoms with van der Waals surface area (Å²) in [5.74, 6) is 0. The van der Waals surface area contributed by atoms with E-state index in [1.807, 2.05) is 0 Å². The minimum Gasteiger partial charge on any atom is -0.325 e. The third-order valence-corrected chi connectivity index (χ3v) is 2.24. The summed E-state index contributed by atoms with van der Waals surface area (Å²) in [6.45, 7) is 0.461. The first-order chi connectivity index (χ1) is 5.40. The van der Waals surface area contributed by atoms with Gasteiger partial charge in [0, 0.05) is 18.9 Å². The van der Waals surface area contributed by atoms with Gasteiger partial charge in [0.25, 0.3) is 0 Å². The van der Waals surface area contributed by atoms with Crippen molar-refractivity contribution in [3.8, 4) is 0 Å². The number of hydrogen-bond acceptors (Lipinski definition) is 5. The lowest BCUT2D eigenvalue weighted by molar-refractivity contribution is 1.04. The molecule has 2 N–H and O–H groups in total. The van der Waals surface area contributed by atoms with Crippen molar-refractivity contribution in [2.75, 3.05) is 0 Å². The van der Waals surface area contributed by atoms with Gasteiger partial charge in [-0.15, -0.1) is 0 Å². The van der Waals surface area contributed by atoms with Gasteiger partial charge in [-0.25, -0.2) is 15.0 Å². The largest absolute Gasteiger partial charge is 0.325 e. The molecule has 0 aliphatic carbocycles. The Morgan fingerprint density at radius 3 is 2.91 bits per heavy atom. The molecule has 56 valence electrons. The molecule has 0 atom stereocenters. The highest BCUT2D eigenvalue weighted by atomic mass is 32.1. The first kappa shape index (κ1) is 6.63. The van der Waals surface area contributed by atoms with Crippen LogP contribution < -0.4 is 5.73 Å². The number of thiazole rings is 1. The molecule has 0 saturated heterocycles. The highest BCUT2D eigenvalue weighted by Crippen LogP contribution is 2.15. The first-order valence-corrected chi connectivity index (χ1v) is 3.98. The van der Waals surface area contributed by atoms with Gasteiger partial charge in [0.05, 0.1) is 0 Å². The molecular weight excluding hydrogens is 160 g/mol. The molecule has 2 aromatic rings. The third-order valence-electron chi connectivity index (χ3n) is 1.27. The van der Waals surface area contributed by atoms with E-state index in [-0.39, 0.29) is 0 Å². The molecule has 0 aliphatic heterocycles. The Labute approximate surface area is 67.1 Å². The van der Waals surface area contributed by atoms with Crippen molar-refractivity contribution in [3.63, 3.8) is 0 Å². The minimum absolute atomic E-state index is 0.461. The van der Waals surface area contributed by atoms with Crippen LogP contribution in [0, 0.1) is 0 Å². The molecule has 0 fully saturated rings. The lowest BCUT2D eigenvalue weighted by Crippen LogP contribution is -1.93. The van der Waals surface area contributed by atoms with E-state index in [0.717, 1.165) is 9.84 Å². The molecule has 2 heterocycles. The van der Waals surface area contributed by atoms with Gasteiger partial charge in [0.1, 0.15) is 5.01 Å². The van der Waals surface area contributed by atoms with Crippen molar-refractivity contribution in [3.05, 3.63) is 17.4 Å². The quantitative estimate of drug-likeness (QED) is 0.671. The van der Waals surface area contributed by atoms with Crippen LogP contribution in [0.25, 0.3) is 10.5 Å². The smallest absolute Gasteiger partial charge is 0.189 e. The maximum absolute atomic E-state index is 5.41. The summed E-state index contributed by atoms with van der Waals surface area (Å²) in [6, 6.07) is 0. The predicted octanol–water partition coefficient (Wildman–Crippen LogP) is 0.545. The summed E-state index contributed by atoms with van der Waals surface area (Å²) in [5.41, 5.74) is 6.10. The van der Waals surface area contributed by atoms with E-state index < -0.39 is 0 Å². The Morgan fingerprint density at radius 1 is 1.36 bits per heavy atom. The van der Waals surface area contributed by atoms with Crippen LogP contribution in [0.2, 0.25) is 0 Å². The molecule has 0 bridgehead atoms. The zero-order valence-electron chi connectivity index (χ0n) is 5.69. The van der Waals surface area contributed by atoms with Crippen molar-refractivity contribution < 1.29 is 0 Å². The second kappa shape index (κ2) is 2.52. The molecule has 0 radical (unpaired) electrons. The Hall–Kier alpha value is -1.07. The Morgan fingerprint density at radius 2 is 2.18 bits per heavy atom. The van der Waals surface area contributed by atoms with Crippen LogP contribution in [0.5, 0.6) is 0 Å². The number of rotatable bonds is 1.